The third-order valence-electron chi connectivity index (χ3n) is 3.74. The molecule has 0 saturated heterocycles. The van der Waals surface area contributed by atoms with Gasteiger partial charge in [-0.1, -0.05) is 18.2 Å². The van der Waals surface area contributed by atoms with Gasteiger partial charge in [0.25, 0.3) is 0 Å². The van der Waals surface area contributed by atoms with Crippen LogP contribution in [0.3, 0.4) is 0 Å². The molecule has 0 bridgehead atoms. The van der Waals surface area contributed by atoms with Crippen LogP contribution in [0, 0.1) is 0 Å². The molecule has 0 radical (unpaired) electrons. The molecule has 0 unspecified atom stereocenters. The number of pyridine rings is 2. The number of aromatic nitrogens is 4. The van der Waals surface area contributed by atoms with Gasteiger partial charge in [0, 0.05) is 22.3 Å². The van der Waals surface area contributed by atoms with E-state index in [1.807, 2.05) is 42.5 Å². The van der Waals surface area contributed by atoms with Crippen LogP contribution in [0.25, 0.3) is 10.9 Å². The number of nitrogens with two attached hydrogens (primary N) is 1. The lowest BCUT2D eigenvalue weighted by atomic mass is 10.2. The van der Waals surface area contributed by atoms with Gasteiger partial charge >= 0.3 is 0 Å². The summed E-state index contributed by atoms with van der Waals surface area (Å²) >= 11 is 3.36. The maximum Gasteiger partial charge on any atom is 0.160 e. The van der Waals surface area contributed by atoms with Crippen LogP contribution in [0.1, 0.15) is 0 Å². The van der Waals surface area contributed by atoms with Crippen LogP contribution in [0.2, 0.25) is 0 Å². The Morgan fingerprint density at radius 2 is 1.65 bits per heavy atom. The van der Waals surface area contributed by atoms with E-state index in [2.05, 4.69) is 46.5 Å². The number of benzene rings is 1. The topological polar surface area (TPSA) is 102 Å². The average Bonchev–Trinajstić information content (AvgIpc) is 2.67. The van der Waals surface area contributed by atoms with Crippen LogP contribution >= 0.6 is 15.9 Å². The Hall–Kier alpha value is -3.26. The second kappa shape index (κ2) is 6.93. The summed E-state index contributed by atoms with van der Waals surface area (Å²) < 4.78 is 0.893. The molecular weight excluding hydrogens is 394 g/mol. The molecule has 4 aromatic rings. The van der Waals surface area contributed by atoms with E-state index in [0.29, 0.717) is 23.1 Å². The Balaban J connectivity index is 1.66. The summed E-state index contributed by atoms with van der Waals surface area (Å²) in [5.74, 6) is 1.61. The third-order valence-corrected chi connectivity index (χ3v) is 4.21. The number of nitrogens with zero attached hydrogens (tertiary/aromatic N) is 4. The number of fused-ring (bicyclic) bond motifs is 1. The van der Waals surface area contributed by atoms with Crippen molar-refractivity contribution in [2.75, 3.05) is 16.4 Å². The van der Waals surface area contributed by atoms with E-state index in [4.69, 9.17) is 5.73 Å². The van der Waals surface area contributed by atoms with Crippen molar-refractivity contribution in [3.63, 3.8) is 0 Å². The largest absolute Gasteiger partial charge is 0.393 e. The predicted octanol–water partition coefficient (Wildman–Crippen LogP) is 4.25. The fourth-order valence-electron chi connectivity index (χ4n) is 2.50. The van der Waals surface area contributed by atoms with Crippen LogP contribution < -0.4 is 16.4 Å². The molecule has 128 valence electrons. The fraction of sp³-hybridized carbons (Fsp3) is 0. The Bertz CT molecular complexity index is 1060. The Morgan fingerprint density at radius 3 is 2.46 bits per heavy atom. The number of para-hydroxylation sites is 1. The van der Waals surface area contributed by atoms with E-state index in [9.17, 15) is 0 Å². The molecule has 1 aromatic carbocycles. The zero-order valence-electron chi connectivity index (χ0n) is 13.5. The highest BCUT2D eigenvalue weighted by atomic mass is 79.9. The van der Waals surface area contributed by atoms with E-state index in [-0.39, 0.29) is 0 Å². The number of halogens is 1. The second-order valence-corrected chi connectivity index (χ2v) is 6.39. The van der Waals surface area contributed by atoms with Gasteiger partial charge in [-0.3, -0.25) is 4.98 Å². The van der Waals surface area contributed by atoms with Gasteiger partial charge in [-0.25, -0.2) is 15.0 Å². The number of anilines is 5. The number of rotatable bonds is 4. The minimum absolute atomic E-state index is 0.394. The molecule has 0 aliphatic heterocycles. The van der Waals surface area contributed by atoms with Crippen molar-refractivity contribution in [3.05, 3.63) is 65.7 Å². The van der Waals surface area contributed by atoms with Gasteiger partial charge in [-0.05, 0) is 40.2 Å². The summed E-state index contributed by atoms with van der Waals surface area (Å²) in [6.07, 6.45) is 4.89. The summed E-state index contributed by atoms with van der Waals surface area (Å²) in [7, 11) is 0. The lowest BCUT2D eigenvalue weighted by Crippen LogP contribution is -2.06. The quantitative estimate of drug-likeness (QED) is 0.464. The van der Waals surface area contributed by atoms with Gasteiger partial charge in [0.15, 0.2) is 11.6 Å². The lowest BCUT2D eigenvalue weighted by Gasteiger charge is -2.13. The highest BCUT2D eigenvalue weighted by molar-refractivity contribution is 9.10. The second-order valence-electron chi connectivity index (χ2n) is 5.48. The highest BCUT2D eigenvalue weighted by Gasteiger charge is 2.11. The minimum Gasteiger partial charge on any atom is -0.393 e. The standard InChI is InChI=1S/C18H14BrN7/c19-12-6-7-14(22-9-12)26-18-15(20)17(23-10-24-18)25-13-5-1-3-11-4-2-8-21-16(11)13/h1-10H,20H2,(H2,22,23,24,25,26). The summed E-state index contributed by atoms with van der Waals surface area (Å²) in [5, 5.41) is 7.37. The smallest absolute Gasteiger partial charge is 0.160 e. The molecule has 3 aromatic heterocycles. The SMILES string of the molecule is Nc1c(Nc2ccc(Br)cn2)ncnc1Nc1cccc2cccnc12. The van der Waals surface area contributed by atoms with Crippen molar-refractivity contribution in [2.24, 2.45) is 0 Å². The maximum atomic E-state index is 6.25. The molecule has 0 spiro atoms. The number of nitrogens with one attached hydrogen (secondary N) is 2. The molecule has 26 heavy (non-hydrogen) atoms. The van der Waals surface area contributed by atoms with E-state index in [0.717, 1.165) is 21.1 Å². The number of hydrogen-bond acceptors (Lipinski definition) is 7. The monoisotopic (exact) mass is 407 g/mol. The van der Waals surface area contributed by atoms with E-state index >= 15 is 0 Å². The molecule has 0 amide bonds. The Labute approximate surface area is 157 Å². The van der Waals surface area contributed by atoms with Crippen molar-refractivity contribution >= 4 is 55.7 Å². The van der Waals surface area contributed by atoms with Crippen molar-refractivity contribution in [3.8, 4) is 0 Å². The molecule has 8 heteroatoms. The Morgan fingerprint density at radius 1 is 0.846 bits per heavy atom. The van der Waals surface area contributed by atoms with Crippen molar-refractivity contribution in [2.45, 2.75) is 0 Å². The van der Waals surface area contributed by atoms with E-state index in [1.165, 1.54) is 6.33 Å². The summed E-state index contributed by atoms with van der Waals surface area (Å²) in [5.41, 5.74) is 8.30. The number of nitrogen functional groups attached to an aromatic ring is 1. The van der Waals surface area contributed by atoms with Gasteiger partial charge in [0.05, 0.1) is 11.2 Å². The van der Waals surface area contributed by atoms with Crippen LogP contribution in [0.4, 0.5) is 28.8 Å². The minimum atomic E-state index is 0.394. The highest BCUT2D eigenvalue weighted by Crippen LogP contribution is 2.30. The first-order valence-corrected chi connectivity index (χ1v) is 8.60. The Kier molecular flexibility index (Phi) is 4.32. The number of hydrogen-bond donors (Lipinski definition) is 3. The fourth-order valence-corrected chi connectivity index (χ4v) is 2.73. The maximum absolute atomic E-state index is 6.25. The predicted molar refractivity (Wildman–Crippen MR) is 107 cm³/mol. The van der Waals surface area contributed by atoms with Gasteiger partial charge < -0.3 is 16.4 Å². The van der Waals surface area contributed by atoms with E-state index in [1.54, 1.807) is 12.4 Å². The van der Waals surface area contributed by atoms with Crippen molar-refractivity contribution in [1.29, 1.82) is 0 Å². The van der Waals surface area contributed by atoms with Gasteiger partial charge in [0.2, 0.25) is 0 Å². The molecule has 3 heterocycles. The molecule has 0 fully saturated rings. The van der Waals surface area contributed by atoms with Crippen LogP contribution in [-0.4, -0.2) is 19.9 Å². The van der Waals surface area contributed by atoms with Gasteiger partial charge in [0.1, 0.15) is 17.8 Å². The zero-order chi connectivity index (χ0) is 17.9. The van der Waals surface area contributed by atoms with Crippen LogP contribution in [0.5, 0.6) is 0 Å². The average molecular weight is 408 g/mol. The first-order chi connectivity index (χ1) is 12.7. The van der Waals surface area contributed by atoms with Crippen LogP contribution in [-0.2, 0) is 0 Å². The lowest BCUT2D eigenvalue weighted by molar-refractivity contribution is 1.16. The molecule has 0 aliphatic carbocycles. The zero-order valence-corrected chi connectivity index (χ0v) is 15.1. The van der Waals surface area contributed by atoms with Gasteiger partial charge in [-0.15, -0.1) is 0 Å². The van der Waals surface area contributed by atoms with Crippen molar-refractivity contribution < 1.29 is 0 Å². The molecule has 4 N–H and O–H groups in total. The van der Waals surface area contributed by atoms with Crippen LogP contribution in [0.15, 0.2) is 65.7 Å². The molecule has 0 atom stereocenters. The molecule has 0 aliphatic rings. The third kappa shape index (κ3) is 3.27. The molecule has 0 saturated carbocycles. The summed E-state index contributed by atoms with van der Waals surface area (Å²) in [4.78, 5) is 17.2. The molecule has 7 nitrogen and oxygen atoms in total. The van der Waals surface area contributed by atoms with Crippen molar-refractivity contribution in [1.82, 2.24) is 19.9 Å². The summed E-state index contributed by atoms with van der Waals surface area (Å²) in [6.45, 7) is 0. The summed E-state index contributed by atoms with van der Waals surface area (Å²) in [6, 6.07) is 13.5. The first-order valence-electron chi connectivity index (χ1n) is 7.80. The molecular formula is C18H14BrN7. The first kappa shape index (κ1) is 16.2. The normalized spacial score (nSPS) is 10.7. The van der Waals surface area contributed by atoms with E-state index < -0.39 is 0 Å². The van der Waals surface area contributed by atoms with Gasteiger partial charge in [-0.2, -0.15) is 0 Å². The molecule has 4 rings (SSSR count).